The first-order chi connectivity index (χ1) is 20.7. The van der Waals surface area contributed by atoms with Gasteiger partial charge in [0.05, 0.1) is 5.92 Å². The van der Waals surface area contributed by atoms with Crippen molar-refractivity contribution in [1.82, 2.24) is 0 Å². The highest BCUT2D eigenvalue weighted by Gasteiger charge is 2.29. The highest BCUT2D eigenvalue weighted by atomic mass is 16.5. The van der Waals surface area contributed by atoms with E-state index in [-0.39, 0.29) is 11.9 Å². The molecule has 0 spiro atoms. The minimum absolute atomic E-state index is 0.104. The van der Waals surface area contributed by atoms with E-state index >= 15 is 0 Å². The van der Waals surface area contributed by atoms with Crippen LogP contribution in [0, 0.1) is 59.2 Å². The van der Waals surface area contributed by atoms with Gasteiger partial charge in [0.25, 0.3) is 0 Å². The highest BCUT2D eigenvalue weighted by Crippen LogP contribution is 2.41. The first-order valence-electron chi connectivity index (χ1n) is 18.6. The number of ether oxygens (including phenoxy) is 1. The SMILES string of the molecule is C=C(/C=C\C(=C)C(C)CCC(C)C)OC(=O)C(C)CCC(C)C(C)CCC(C)C.C=CC1CCC(C2CCC(C)CC2)CC1. The molecule has 0 heterocycles. The summed E-state index contributed by atoms with van der Waals surface area (Å²) in [5, 5.41) is 0. The molecule has 254 valence electrons. The minimum atomic E-state index is -0.180. The van der Waals surface area contributed by atoms with Crippen LogP contribution in [-0.4, -0.2) is 5.97 Å². The third kappa shape index (κ3) is 17.2. The molecule has 0 aromatic carbocycles. The maximum atomic E-state index is 12.4. The summed E-state index contributed by atoms with van der Waals surface area (Å²) in [4.78, 5) is 12.4. The largest absolute Gasteiger partial charge is 0.427 e. The summed E-state index contributed by atoms with van der Waals surface area (Å²) < 4.78 is 5.45. The Hall–Kier alpha value is -1.57. The fourth-order valence-corrected chi connectivity index (χ4v) is 6.80. The molecule has 4 unspecified atom stereocenters. The number of hydrogen-bond donors (Lipinski definition) is 0. The number of hydrogen-bond acceptors (Lipinski definition) is 2. The number of rotatable bonds is 17. The Morgan fingerprint density at radius 2 is 1.11 bits per heavy atom. The molecule has 0 amide bonds. The Morgan fingerprint density at radius 1 is 0.659 bits per heavy atom. The molecule has 44 heavy (non-hydrogen) atoms. The van der Waals surface area contributed by atoms with Crippen LogP contribution in [0.4, 0.5) is 0 Å². The number of allylic oxidation sites excluding steroid dienone is 4. The van der Waals surface area contributed by atoms with E-state index in [1.54, 1.807) is 6.08 Å². The van der Waals surface area contributed by atoms with Crippen molar-refractivity contribution >= 4 is 5.97 Å². The van der Waals surface area contributed by atoms with E-state index in [1.165, 1.54) is 70.6 Å². The molecule has 2 aliphatic rings. The summed E-state index contributed by atoms with van der Waals surface area (Å²) >= 11 is 0. The molecule has 2 heteroatoms. The second-order valence-corrected chi connectivity index (χ2v) is 16.0. The third-order valence-electron chi connectivity index (χ3n) is 11.0. The Labute approximate surface area is 275 Å². The van der Waals surface area contributed by atoms with Crippen LogP contribution in [-0.2, 0) is 9.53 Å². The molecule has 0 aliphatic heterocycles. The van der Waals surface area contributed by atoms with Crippen LogP contribution in [0.15, 0.2) is 49.3 Å². The van der Waals surface area contributed by atoms with Gasteiger partial charge in [0, 0.05) is 0 Å². The van der Waals surface area contributed by atoms with Gasteiger partial charge in [-0.15, -0.1) is 6.58 Å². The summed E-state index contributed by atoms with van der Waals surface area (Å²) in [6.45, 7) is 32.2. The van der Waals surface area contributed by atoms with Crippen molar-refractivity contribution in [3.05, 3.63) is 49.3 Å². The van der Waals surface area contributed by atoms with Gasteiger partial charge in [-0.25, -0.2) is 0 Å². The molecule has 0 radical (unpaired) electrons. The highest BCUT2D eigenvalue weighted by molar-refractivity contribution is 5.73. The Bertz CT molecular complexity index is 847. The molecule has 2 saturated carbocycles. The van der Waals surface area contributed by atoms with Crippen LogP contribution in [0.3, 0.4) is 0 Å². The lowest BCUT2D eigenvalue weighted by Gasteiger charge is -2.36. The van der Waals surface area contributed by atoms with Crippen LogP contribution >= 0.6 is 0 Å². The quantitative estimate of drug-likeness (QED) is 0.0708. The summed E-state index contributed by atoms with van der Waals surface area (Å²) in [7, 11) is 0. The van der Waals surface area contributed by atoms with E-state index in [4.69, 9.17) is 4.74 Å². The lowest BCUT2D eigenvalue weighted by molar-refractivity contribution is -0.143. The molecule has 2 nitrogen and oxygen atoms in total. The normalized spacial score (nSPS) is 25.1. The number of carbonyl (C=O) groups excluding carboxylic acids is 1. The zero-order valence-electron chi connectivity index (χ0n) is 30.8. The van der Waals surface area contributed by atoms with Crippen molar-refractivity contribution < 1.29 is 9.53 Å². The van der Waals surface area contributed by atoms with Gasteiger partial charge < -0.3 is 4.74 Å². The van der Waals surface area contributed by atoms with Crippen molar-refractivity contribution in [2.45, 2.75) is 152 Å². The third-order valence-corrected chi connectivity index (χ3v) is 11.0. The minimum Gasteiger partial charge on any atom is -0.427 e. The zero-order valence-corrected chi connectivity index (χ0v) is 30.8. The van der Waals surface area contributed by atoms with Gasteiger partial charge in [-0.2, -0.15) is 0 Å². The lowest BCUT2D eigenvalue weighted by atomic mass is 9.69. The maximum absolute atomic E-state index is 12.4. The van der Waals surface area contributed by atoms with Crippen molar-refractivity contribution in [2.75, 3.05) is 0 Å². The van der Waals surface area contributed by atoms with E-state index in [0.717, 1.165) is 54.4 Å². The summed E-state index contributed by atoms with van der Waals surface area (Å²) in [5.74, 6) is 7.31. The first kappa shape index (κ1) is 40.5. The van der Waals surface area contributed by atoms with Gasteiger partial charge in [-0.1, -0.05) is 125 Å². The van der Waals surface area contributed by atoms with Gasteiger partial charge in [0.15, 0.2) is 0 Å². The van der Waals surface area contributed by atoms with Crippen LogP contribution in [0.25, 0.3) is 0 Å². The van der Waals surface area contributed by atoms with E-state index in [1.807, 2.05) is 13.0 Å². The van der Waals surface area contributed by atoms with Gasteiger partial charge in [-0.3, -0.25) is 4.79 Å². The van der Waals surface area contributed by atoms with Crippen molar-refractivity contribution in [3.8, 4) is 0 Å². The molecular weight excluding hydrogens is 536 g/mol. The molecule has 4 atom stereocenters. The average Bonchev–Trinajstić information content (AvgIpc) is 3.00. The molecule has 0 aromatic rings. The van der Waals surface area contributed by atoms with Gasteiger partial charge in [-0.05, 0) is 117 Å². The molecule has 2 rings (SSSR count). The van der Waals surface area contributed by atoms with Crippen LogP contribution in [0.2, 0.25) is 0 Å². The fraction of sp³-hybridized carbons (Fsp3) is 0.786. The summed E-state index contributed by atoms with van der Waals surface area (Å²) in [6.07, 6.45) is 24.5. The second kappa shape index (κ2) is 22.0. The number of esters is 1. The summed E-state index contributed by atoms with van der Waals surface area (Å²) in [5.41, 5.74) is 1.06. The van der Waals surface area contributed by atoms with Crippen molar-refractivity contribution in [1.29, 1.82) is 0 Å². The smallest absolute Gasteiger partial charge is 0.314 e. The number of carbonyl (C=O) groups is 1. The van der Waals surface area contributed by atoms with E-state index in [0.29, 0.717) is 29.4 Å². The Kier molecular flexibility index (Phi) is 20.3. The topological polar surface area (TPSA) is 26.3 Å². The molecule has 0 bridgehead atoms. The van der Waals surface area contributed by atoms with Crippen molar-refractivity contribution in [2.24, 2.45) is 59.2 Å². The van der Waals surface area contributed by atoms with Crippen molar-refractivity contribution in [3.63, 3.8) is 0 Å². The molecule has 2 fully saturated rings. The van der Waals surface area contributed by atoms with E-state index in [9.17, 15) is 4.79 Å². The zero-order chi connectivity index (χ0) is 33.2. The predicted octanol–water partition coefficient (Wildman–Crippen LogP) is 13.2. The van der Waals surface area contributed by atoms with Crippen LogP contribution < -0.4 is 0 Å². The standard InChI is InChI=1S/C27H48O2.C15H26/c1-19(2)11-13-21(5)23(7)15-16-25(9)27(28)29-26(10)18-17-24(8)22(6)14-12-20(3)4;1-3-13-6-10-15(11-7-13)14-8-4-12(2)5-9-14/h17-23,25H,8,10-16H2,1-7,9H3;3,12-15H,1,4-11H2,2H3/b18-17-;. The maximum Gasteiger partial charge on any atom is 0.314 e. The second-order valence-electron chi connectivity index (χ2n) is 16.0. The van der Waals surface area contributed by atoms with Gasteiger partial charge in [0.2, 0.25) is 0 Å². The molecular formula is C42H74O2. The first-order valence-corrected chi connectivity index (χ1v) is 18.6. The molecule has 2 aliphatic carbocycles. The lowest BCUT2D eigenvalue weighted by Crippen LogP contribution is -2.24. The molecule has 0 saturated heterocycles. The molecule has 0 aromatic heterocycles. The fourth-order valence-electron chi connectivity index (χ4n) is 6.80. The van der Waals surface area contributed by atoms with Crippen LogP contribution in [0.5, 0.6) is 0 Å². The summed E-state index contributed by atoms with van der Waals surface area (Å²) in [6, 6.07) is 0. The monoisotopic (exact) mass is 611 g/mol. The van der Waals surface area contributed by atoms with Gasteiger partial charge in [0.1, 0.15) is 5.76 Å². The van der Waals surface area contributed by atoms with Gasteiger partial charge >= 0.3 is 5.97 Å². The van der Waals surface area contributed by atoms with E-state index in [2.05, 4.69) is 81.2 Å². The predicted molar refractivity (Wildman–Crippen MR) is 194 cm³/mol. The van der Waals surface area contributed by atoms with Crippen LogP contribution in [0.1, 0.15) is 152 Å². The molecule has 0 N–H and O–H groups in total. The van der Waals surface area contributed by atoms with E-state index < -0.39 is 0 Å². The average molecular weight is 611 g/mol. The Morgan fingerprint density at radius 3 is 1.61 bits per heavy atom. The Balaban J connectivity index is 0.000000532.